The van der Waals surface area contributed by atoms with Crippen LogP contribution in [0.1, 0.15) is 44.1 Å². The minimum Gasteiger partial charge on any atom is -0.406 e. The van der Waals surface area contributed by atoms with Crippen LogP contribution in [-0.2, 0) is 9.53 Å². The van der Waals surface area contributed by atoms with Gasteiger partial charge in [0.15, 0.2) is 5.70 Å². The van der Waals surface area contributed by atoms with E-state index >= 15 is 0 Å². The number of cyclic esters (lactones) is 1. The van der Waals surface area contributed by atoms with E-state index in [2.05, 4.69) is 4.99 Å². The zero-order valence-electron chi connectivity index (χ0n) is 13.5. The summed E-state index contributed by atoms with van der Waals surface area (Å²) in [5, 5.41) is 0. The molecule has 3 nitrogen and oxygen atoms in total. The molecule has 0 atom stereocenters. The van der Waals surface area contributed by atoms with Crippen LogP contribution in [0.3, 0.4) is 0 Å². The second-order valence-corrected chi connectivity index (χ2v) is 8.06. The molecule has 0 saturated heterocycles. The molecule has 5 aliphatic rings. The summed E-state index contributed by atoms with van der Waals surface area (Å²) in [6, 6.07) is 6.41. The Labute approximate surface area is 140 Å². The largest absolute Gasteiger partial charge is 0.406 e. The fraction of sp³-hybridized carbons (Fsp3) is 0.500. The Morgan fingerprint density at radius 2 is 1.71 bits per heavy atom. The van der Waals surface area contributed by atoms with Crippen molar-refractivity contribution in [3.05, 3.63) is 41.3 Å². The van der Waals surface area contributed by atoms with Gasteiger partial charge < -0.3 is 4.74 Å². The van der Waals surface area contributed by atoms with Crippen LogP contribution < -0.4 is 0 Å². The third kappa shape index (κ3) is 2.15. The Hall–Kier alpha value is -1.97. The van der Waals surface area contributed by atoms with E-state index in [4.69, 9.17) is 4.74 Å². The van der Waals surface area contributed by atoms with Crippen molar-refractivity contribution in [2.75, 3.05) is 0 Å². The molecule has 6 rings (SSSR count). The van der Waals surface area contributed by atoms with Gasteiger partial charge in [0.25, 0.3) is 0 Å². The van der Waals surface area contributed by atoms with Gasteiger partial charge in [-0.15, -0.1) is 0 Å². The minimum atomic E-state index is -0.441. The normalized spacial score (nSPS) is 38.5. The molecular formula is C20H20FNO2. The van der Waals surface area contributed by atoms with E-state index in [0.717, 1.165) is 37.0 Å². The molecule has 1 heterocycles. The molecule has 124 valence electrons. The van der Waals surface area contributed by atoms with Crippen molar-refractivity contribution in [1.82, 2.24) is 0 Å². The van der Waals surface area contributed by atoms with Crippen LogP contribution >= 0.6 is 0 Å². The first kappa shape index (κ1) is 14.4. The highest BCUT2D eigenvalue weighted by Crippen LogP contribution is 2.61. The molecule has 4 fully saturated rings. The summed E-state index contributed by atoms with van der Waals surface area (Å²) in [6.07, 6.45) is 8.79. The highest BCUT2D eigenvalue weighted by molar-refractivity contribution is 6.09. The van der Waals surface area contributed by atoms with Gasteiger partial charge in [0, 0.05) is 11.0 Å². The molecule has 0 radical (unpaired) electrons. The van der Waals surface area contributed by atoms with Gasteiger partial charge in [-0.2, -0.15) is 0 Å². The molecule has 0 amide bonds. The third-order valence-corrected chi connectivity index (χ3v) is 6.31. The van der Waals surface area contributed by atoms with Crippen molar-refractivity contribution in [1.29, 1.82) is 0 Å². The smallest absolute Gasteiger partial charge is 0.363 e. The van der Waals surface area contributed by atoms with Gasteiger partial charge in [0.1, 0.15) is 5.82 Å². The fourth-order valence-electron chi connectivity index (χ4n) is 5.75. The van der Waals surface area contributed by atoms with Crippen LogP contribution in [0.25, 0.3) is 6.08 Å². The Bertz CT molecular complexity index is 744. The van der Waals surface area contributed by atoms with Gasteiger partial charge in [-0.25, -0.2) is 14.2 Å². The Balaban J connectivity index is 1.50. The molecule has 24 heavy (non-hydrogen) atoms. The van der Waals surface area contributed by atoms with Crippen molar-refractivity contribution < 1.29 is 13.9 Å². The molecule has 0 N–H and O–H groups in total. The molecule has 1 aromatic rings. The van der Waals surface area contributed by atoms with Crippen LogP contribution in [-0.4, -0.2) is 11.9 Å². The summed E-state index contributed by atoms with van der Waals surface area (Å²) in [5.74, 6) is 2.10. The predicted octanol–water partition coefficient (Wildman–Crippen LogP) is 4.34. The lowest BCUT2D eigenvalue weighted by Crippen LogP contribution is -2.50. The van der Waals surface area contributed by atoms with Crippen molar-refractivity contribution in [2.24, 2.45) is 28.2 Å². The summed E-state index contributed by atoms with van der Waals surface area (Å²) in [4.78, 5) is 16.8. The number of hydrogen-bond acceptors (Lipinski definition) is 3. The Kier molecular flexibility index (Phi) is 3.00. The monoisotopic (exact) mass is 325 g/mol. The number of carbonyl (C=O) groups is 1. The molecular weight excluding hydrogens is 305 g/mol. The van der Waals surface area contributed by atoms with Gasteiger partial charge in [-0.3, -0.25) is 0 Å². The second-order valence-electron chi connectivity index (χ2n) is 8.06. The van der Waals surface area contributed by atoms with Crippen molar-refractivity contribution in [3.8, 4) is 0 Å². The quantitative estimate of drug-likeness (QED) is 0.599. The van der Waals surface area contributed by atoms with E-state index in [1.54, 1.807) is 18.2 Å². The van der Waals surface area contributed by atoms with Crippen LogP contribution in [0.5, 0.6) is 0 Å². The fourth-order valence-corrected chi connectivity index (χ4v) is 5.75. The molecule has 4 bridgehead atoms. The molecule has 4 saturated carbocycles. The number of ether oxygens (including phenoxy) is 1. The molecule has 0 aromatic heterocycles. The Morgan fingerprint density at radius 1 is 1.08 bits per heavy atom. The number of nitrogens with zero attached hydrogens (tertiary/aromatic N) is 1. The summed E-state index contributed by atoms with van der Waals surface area (Å²) in [7, 11) is 0. The third-order valence-electron chi connectivity index (χ3n) is 6.31. The topological polar surface area (TPSA) is 38.7 Å². The van der Waals surface area contributed by atoms with Crippen LogP contribution in [0, 0.1) is 29.0 Å². The van der Waals surface area contributed by atoms with Crippen LogP contribution in [0.4, 0.5) is 4.39 Å². The number of rotatable bonds is 2. The number of benzene rings is 1. The van der Waals surface area contributed by atoms with Crippen molar-refractivity contribution in [3.63, 3.8) is 0 Å². The molecule has 4 aliphatic carbocycles. The number of carbonyl (C=O) groups excluding carboxylic acids is 1. The molecule has 1 aromatic carbocycles. The first-order chi connectivity index (χ1) is 11.6. The molecule has 0 spiro atoms. The van der Waals surface area contributed by atoms with Gasteiger partial charge in [-0.1, -0.05) is 18.2 Å². The number of halogens is 1. The summed E-state index contributed by atoms with van der Waals surface area (Å²) in [5.41, 5.74) is 0.556. The van der Waals surface area contributed by atoms with Gasteiger partial charge >= 0.3 is 5.97 Å². The summed E-state index contributed by atoms with van der Waals surface area (Å²) >= 11 is 0. The zero-order valence-corrected chi connectivity index (χ0v) is 13.5. The SMILES string of the molecule is O=C1OC(C23CC4CC(CC(C4)C2)C3)=N/C1=C\c1ccccc1F. The maximum absolute atomic E-state index is 13.8. The highest BCUT2D eigenvalue weighted by Gasteiger charge is 2.55. The first-order valence-electron chi connectivity index (χ1n) is 8.89. The average molecular weight is 325 g/mol. The molecule has 0 unspecified atom stereocenters. The maximum Gasteiger partial charge on any atom is 0.363 e. The lowest BCUT2D eigenvalue weighted by Gasteiger charge is -2.55. The van der Waals surface area contributed by atoms with Crippen molar-refractivity contribution >= 4 is 17.9 Å². The van der Waals surface area contributed by atoms with Crippen LogP contribution in [0.15, 0.2) is 35.0 Å². The average Bonchev–Trinajstić information content (AvgIpc) is 2.90. The summed E-state index contributed by atoms with van der Waals surface area (Å²) < 4.78 is 19.4. The number of aliphatic imine (C=N–C) groups is 1. The van der Waals surface area contributed by atoms with Crippen LogP contribution in [0.2, 0.25) is 0 Å². The number of esters is 1. The Morgan fingerprint density at radius 3 is 2.33 bits per heavy atom. The van der Waals surface area contributed by atoms with Gasteiger partial charge in [0.2, 0.25) is 5.90 Å². The predicted molar refractivity (Wildman–Crippen MR) is 88.5 cm³/mol. The standard InChI is InChI=1S/C20H20FNO2/c21-16-4-2-1-3-15(16)8-17-18(23)24-19(22-17)20-9-12-5-13(10-20)7-14(6-12)11-20/h1-4,8,12-14H,5-7,9-11H2/b17-8-. The lowest BCUT2D eigenvalue weighted by atomic mass is 9.49. The van der Waals surface area contributed by atoms with E-state index < -0.39 is 5.97 Å². The molecule has 4 heteroatoms. The lowest BCUT2D eigenvalue weighted by molar-refractivity contribution is -0.131. The van der Waals surface area contributed by atoms with Crippen molar-refractivity contribution in [2.45, 2.75) is 38.5 Å². The van der Waals surface area contributed by atoms with E-state index in [1.165, 1.54) is 31.4 Å². The maximum atomic E-state index is 13.8. The second kappa shape index (κ2) is 5.01. The number of hydrogen-bond donors (Lipinski definition) is 0. The first-order valence-corrected chi connectivity index (χ1v) is 8.89. The van der Waals surface area contributed by atoms with E-state index in [9.17, 15) is 9.18 Å². The highest BCUT2D eigenvalue weighted by atomic mass is 19.1. The van der Waals surface area contributed by atoms with Gasteiger partial charge in [-0.05, 0) is 68.4 Å². The van der Waals surface area contributed by atoms with E-state index in [-0.39, 0.29) is 16.9 Å². The van der Waals surface area contributed by atoms with Gasteiger partial charge in [0.05, 0.1) is 0 Å². The van der Waals surface area contributed by atoms with E-state index in [1.807, 2.05) is 0 Å². The van der Waals surface area contributed by atoms with E-state index in [0.29, 0.717) is 11.5 Å². The summed E-state index contributed by atoms with van der Waals surface area (Å²) in [6.45, 7) is 0. The molecule has 1 aliphatic heterocycles. The zero-order chi connectivity index (χ0) is 16.3. The minimum absolute atomic E-state index is 0.0464.